The number of anilines is 1. The van der Waals surface area contributed by atoms with Gasteiger partial charge in [-0.05, 0) is 50.1 Å². The van der Waals surface area contributed by atoms with E-state index in [4.69, 9.17) is 4.74 Å². The number of amides is 2. The molecule has 0 aromatic heterocycles. The molecule has 0 aliphatic rings. The Hall–Kier alpha value is -2.34. The first kappa shape index (κ1) is 21.0. The molecule has 0 aliphatic carbocycles. The Morgan fingerprint density at radius 3 is 2.52 bits per heavy atom. The minimum atomic E-state index is -0.328. The third-order valence-electron chi connectivity index (χ3n) is 4.06. The van der Waals surface area contributed by atoms with E-state index in [9.17, 15) is 9.59 Å². The van der Waals surface area contributed by atoms with Gasteiger partial charge in [0, 0.05) is 10.5 Å². The van der Waals surface area contributed by atoms with E-state index in [1.54, 1.807) is 36.4 Å². The molecule has 0 fully saturated rings. The van der Waals surface area contributed by atoms with Gasteiger partial charge in [0.05, 0.1) is 23.4 Å². The molecule has 1 unspecified atom stereocenters. The smallest absolute Gasteiger partial charge is 0.259 e. The highest BCUT2D eigenvalue weighted by molar-refractivity contribution is 9.10. The van der Waals surface area contributed by atoms with Crippen molar-refractivity contribution in [3.05, 3.63) is 58.1 Å². The van der Waals surface area contributed by atoms with Gasteiger partial charge in [-0.25, -0.2) is 0 Å². The van der Waals surface area contributed by atoms with Crippen LogP contribution in [0, 0.1) is 0 Å². The molecule has 0 bridgehead atoms. The van der Waals surface area contributed by atoms with Gasteiger partial charge in [0.2, 0.25) is 0 Å². The largest absolute Gasteiger partial charge is 0.493 e. The van der Waals surface area contributed by atoms with Crippen LogP contribution in [0.15, 0.2) is 46.9 Å². The van der Waals surface area contributed by atoms with Crippen molar-refractivity contribution in [2.75, 3.05) is 11.9 Å². The lowest BCUT2D eigenvalue weighted by molar-refractivity contribution is 0.0940. The highest BCUT2D eigenvalue weighted by atomic mass is 79.9. The van der Waals surface area contributed by atoms with Crippen LogP contribution in [0.25, 0.3) is 0 Å². The molecule has 0 spiro atoms. The second-order valence-corrected chi connectivity index (χ2v) is 7.19. The van der Waals surface area contributed by atoms with Gasteiger partial charge in [-0.3, -0.25) is 9.59 Å². The zero-order valence-electron chi connectivity index (χ0n) is 15.8. The number of rotatable bonds is 8. The maximum absolute atomic E-state index is 12.9. The van der Waals surface area contributed by atoms with Crippen molar-refractivity contribution in [1.29, 1.82) is 0 Å². The number of nitrogens with one attached hydrogen (secondary N) is 2. The van der Waals surface area contributed by atoms with E-state index in [1.165, 1.54) is 0 Å². The van der Waals surface area contributed by atoms with Crippen molar-refractivity contribution in [2.45, 2.75) is 39.7 Å². The van der Waals surface area contributed by atoms with Crippen molar-refractivity contribution < 1.29 is 14.3 Å². The van der Waals surface area contributed by atoms with Gasteiger partial charge >= 0.3 is 0 Å². The molecule has 1 atom stereocenters. The van der Waals surface area contributed by atoms with Crippen LogP contribution in [0.3, 0.4) is 0 Å². The van der Waals surface area contributed by atoms with Gasteiger partial charge in [0.25, 0.3) is 11.8 Å². The molecular weight excluding hydrogens is 408 g/mol. The predicted molar refractivity (Wildman–Crippen MR) is 112 cm³/mol. The fourth-order valence-corrected chi connectivity index (χ4v) is 2.76. The molecule has 2 aromatic rings. The van der Waals surface area contributed by atoms with Crippen LogP contribution in [-0.4, -0.2) is 24.5 Å². The molecule has 6 heteroatoms. The highest BCUT2D eigenvalue weighted by Gasteiger charge is 2.18. The van der Waals surface area contributed by atoms with Crippen molar-refractivity contribution in [1.82, 2.24) is 5.32 Å². The average molecular weight is 433 g/mol. The summed E-state index contributed by atoms with van der Waals surface area (Å²) in [6.07, 6.45) is 1.67. The van der Waals surface area contributed by atoms with Gasteiger partial charge in [0.1, 0.15) is 5.75 Å². The number of halogens is 1. The number of hydrogen-bond acceptors (Lipinski definition) is 3. The molecular formula is C21H25BrN2O3. The van der Waals surface area contributed by atoms with Crippen LogP contribution >= 0.6 is 15.9 Å². The van der Waals surface area contributed by atoms with Gasteiger partial charge in [-0.1, -0.05) is 41.9 Å². The van der Waals surface area contributed by atoms with E-state index in [0.717, 1.165) is 17.3 Å². The molecule has 27 heavy (non-hydrogen) atoms. The molecule has 0 aliphatic heterocycles. The third kappa shape index (κ3) is 5.82. The molecule has 0 heterocycles. The second kappa shape index (κ2) is 10.1. The van der Waals surface area contributed by atoms with Crippen LogP contribution in [0.4, 0.5) is 5.69 Å². The Morgan fingerprint density at radius 1 is 1.07 bits per heavy atom. The number of carbonyl (C=O) groups excluding carboxylic acids is 2. The molecule has 2 aromatic carbocycles. The summed E-state index contributed by atoms with van der Waals surface area (Å²) < 4.78 is 6.46. The van der Waals surface area contributed by atoms with E-state index in [0.29, 0.717) is 29.2 Å². The lowest BCUT2D eigenvalue weighted by Gasteiger charge is -2.16. The molecule has 2 amide bonds. The molecule has 2 N–H and O–H groups in total. The summed E-state index contributed by atoms with van der Waals surface area (Å²) in [7, 11) is 0. The zero-order valence-corrected chi connectivity index (χ0v) is 17.4. The van der Waals surface area contributed by atoms with Crippen LogP contribution in [-0.2, 0) is 0 Å². The fourth-order valence-electron chi connectivity index (χ4n) is 2.40. The Morgan fingerprint density at radius 2 is 1.81 bits per heavy atom. The molecule has 2 rings (SSSR count). The van der Waals surface area contributed by atoms with Crippen molar-refractivity contribution >= 4 is 33.4 Å². The number of hydrogen-bond donors (Lipinski definition) is 2. The molecule has 0 saturated heterocycles. The first-order valence-corrected chi connectivity index (χ1v) is 9.89. The maximum Gasteiger partial charge on any atom is 0.259 e. The lowest BCUT2D eigenvalue weighted by Crippen LogP contribution is -2.32. The first-order valence-electron chi connectivity index (χ1n) is 9.09. The predicted octanol–water partition coefficient (Wildman–Crippen LogP) is 5.02. The summed E-state index contributed by atoms with van der Waals surface area (Å²) >= 11 is 3.39. The van der Waals surface area contributed by atoms with Gasteiger partial charge in [0.15, 0.2) is 0 Å². The number of ether oxygens (including phenoxy) is 1. The number of benzene rings is 2. The van der Waals surface area contributed by atoms with E-state index >= 15 is 0 Å². The minimum Gasteiger partial charge on any atom is -0.493 e. The standard InChI is InChI=1S/C21H25BrN2O3/c1-4-12-27-19-11-10-15(22)13-17(19)21(26)24-18-9-7-6-8-16(18)20(25)23-14(3)5-2/h6-11,13-14H,4-5,12H2,1-3H3,(H,23,25)(H,24,26). The summed E-state index contributed by atoms with van der Waals surface area (Å²) in [6, 6.07) is 12.3. The number of carbonyl (C=O) groups is 2. The fraction of sp³-hybridized carbons (Fsp3) is 0.333. The number of para-hydroxylation sites is 1. The van der Waals surface area contributed by atoms with Crippen molar-refractivity contribution in [2.24, 2.45) is 0 Å². The first-order chi connectivity index (χ1) is 13.0. The van der Waals surface area contributed by atoms with Gasteiger partial charge in [-0.2, -0.15) is 0 Å². The normalized spacial score (nSPS) is 11.6. The topological polar surface area (TPSA) is 67.4 Å². The Balaban J connectivity index is 2.26. The van der Waals surface area contributed by atoms with Gasteiger partial charge in [-0.15, -0.1) is 0 Å². The zero-order chi connectivity index (χ0) is 19.8. The minimum absolute atomic E-state index is 0.0559. The van der Waals surface area contributed by atoms with Crippen molar-refractivity contribution in [3.8, 4) is 5.75 Å². The molecule has 0 radical (unpaired) electrons. The Kier molecular flexibility index (Phi) is 7.85. The van der Waals surface area contributed by atoms with Crippen LogP contribution in [0.2, 0.25) is 0 Å². The Labute approximate surface area is 168 Å². The highest BCUT2D eigenvalue weighted by Crippen LogP contribution is 2.25. The lowest BCUT2D eigenvalue weighted by atomic mass is 10.1. The van der Waals surface area contributed by atoms with Gasteiger partial charge < -0.3 is 15.4 Å². The quantitative estimate of drug-likeness (QED) is 0.615. The van der Waals surface area contributed by atoms with Crippen LogP contribution < -0.4 is 15.4 Å². The summed E-state index contributed by atoms with van der Waals surface area (Å²) in [5.41, 5.74) is 1.30. The van der Waals surface area contributed by atoms with Crippen molar-refractivity contribution in [3.63, 3.8) is 0 Å². The SMILES string of the molecule is CCCOc1ccc(Br)cc1C(=O)Nc1ccccc1C(=O)NC(C)CC. The second-order valence-electron chi connectivity index (χ2n) is 6.27. The van der Waals surface area contributed by atoms with E-state index in [2.05, 4.69) is 26.6 Å². The van der Waals surface area contributed by atoms with E-state index in [-0.39, 0.29) is 17.9 Å². The maximum atomic E-state index is 12.9. The summed E-state index contributed by atoms with van der Waals surface area (Å²) in [6.45, 7) is 6.47. The molecule has 5 nitrogen and oxygen atoms in total. The summed E-state index contributed by atoms with van der Waals surface area (Å²) in [5, 5.41) is 5.77. The summed E-state index contributed by atoms with van der Waals surface area (Å²) in [5.74, 6) is -0.0257. The van der Waals surface area contributed by atoms with E-state index in [1.807, 2.05) is 26.8 Å². The summed E-state index contributed by atoms with van der Waals surface area (Å²) in [4.78, 5) is 25.4. The van der Waals surface area contributed by atoms with E-state index < -0.39 is 0 Å². The van der Waals surface area contributed by atoms with Crippen LogP contribution in [0.5, 0.6) is 5.75 Å². The third-order valence-corrected chi connectivity index (χ3v) is 4.55. The molecule has 144 valence electrons. The molecule has 0 saturated carbocycles. The van der Waals surface area contributed by atoms with Crippen LogP contribution in [0.1, 0.15) is 54.3 Å². The monoisotopic (exact) mass is 432 g/mol. The average Bonchev–Trinajstić information content (AvgIpc) is 2.67. The Bertz CT molecular complexity index is 808.